The van der Waals surface area contributed by atoms with E-state index in [0.717, 1.165) is 6.42 Å². The lowest BCUT2D eigenvalue weighted by molar-refractivity contribution is 0.660. The van der Waals surface area contributed by atoms with Gasteiger partial charge >= 0.3 is 0 Å². The second kappa shape index (κ2) is 5.05. The Labute approximate surface area is 115 Å². The monoisotopic (exact) mass is 248 g/mol. The minimum absolute atomic E-state index is 0.502. The third kappa shape index (κ3) is 1.92. The molecule has 1 aromatic rings. The van der Waals surface area contributed by atoms with Crippen LogP contribution in [0.3, 0.4) is 0 Å². The highest BCUT2D eigenvalue weighted by molar-refractivity contribution is 5.77. The van der Waals surface area contributed by atoms with Gasteiger partial charge in [-0.1, -0.05) is 67.6 Å². The smallest absolute Gasteiger partial charge is 0.0131 e. The molecule has 1 aromatic carbocycles. The largest absolute Gasteiger partial charge is 0.0874 e. The Balaban J connectivity index is 2.26. The highest BCUT2D eigenvalue weighted by Crippen LogP contribution is 2.46. The van der Waals surface area contributed by atoms with Crippen LogP contribution >= 0.6 is 0 Å². The second-order valence-corrected chi connectivity index (χ2v) is 5.20. The summed E-state index contributed by atoms with van der Waals surface area (Å²) in [6, 6.07) is 8.89. The van der Waals surface area contributed by atoms with Crippen molar-refractivity contribution >= 4 is 5.57 Å². The number of rotatable bonds is 2. The molecule has 0 amide bonds. The van der Waals surface area contributed by atoms with Gasteiger partial charge in [-0.2, -0.15) is 0 Å². The molecule has 2 aliphatic rings. The number of allylic oxidation sites excluding steroid dienone is 8. The zero-order valence-corrected chi connectivity index (χ0v) is 11.6. The normalized spacial score (nSPS) is 24.7. The lowest BCUT2D eigenvalue weighted by Gasteiger charge is -2.34. The van der Waals surface area contributed by atoms with Gasteiger partial charge in [-0.05, 0) is 35.6 Å². The van der Waals surface area contributed by atoms with Crippen molar-refractivity contribution in [1.82, 2.24) is 0 Å². The van der Waals surface area contributed by atoms with E-state index in [1.54, 1.807) is 0 Å². The van der Waals surface area contributed by atoms with Crippen molar-refractivity contribution in [2.24, 2.45) is 5.92 Å². The molecule has 0 heteroatoms. The first-order valence-corrected chi connectivity index (χ1v) is 7.16. The Kier molecular flexibility index (Phi) is 3.25. The Morgan fingerprint density at radius 3 is 2.53 bits per heavy atom. The molecule has 3 rings (SSSR count). The van der Waals surface area contributed by atoms with Crippen LogP contribution in [0, 0.1) is 5.92 Å². The topological polar surface area (TPSA) is 0 Å². The van der Waals surface area contributed by atoms with Crippen LogP contribution in [0.15, 0.2) is 66.3 Å². The Morgan fingerprint density at radius 1 is 1.05 bits per heavy atom. The molecule has 2 aliphatic carbocycles. The molecular weight excluding hydrogens is 228 g/mol. The van der Waals surface area contributed by atoms with E-state index in [1.165, 1.54) is 22.3 Å². The van der Waals surface area contributed by atoms with Crippen LogP contribution in [-0.2, 0) is 0 Å². The van der Waals surface area contributed by atoms with Crippen molar-refractivity contribution < 1.29 is 0 Å². The molecule has 2 unspecified atom stereocenters. The molecule has 0 N–H and O–H groups in total. The van der Waals surface area contributed by atoms with Gasteiger partial charge in [-0.25, -0.2) is 0 Å². The number of hydrogen-bond donors (Lipinski definition) is 0. The predicted molar refractivity (Wildman–Crippen MR) is 83.0 cm³/mol. The molecule has 0 heterocycles. The van der Waals surface area contributed by atoms with Crippen LogP contribution < -0.4 is 0 Å². The zero-order valence-electron chi connectivity index (χ0n) is 11.6. The lowest BCUT2D eigenvalue weighted by Crippen LogP contribution is -2.20. The summed E-state index contributed by atoms with van der Waals surface area (Å²) in [5.41, 5.74) is 5.93. The number of fused-ring (bicyclic) bond motifs is 3. The molecule has 0 saturated heterocycles. The first-order valence-electron chi connectivity index (χ1n) is 7.16. The molecule has 0 spiro atoms. The van der Waals surface area contributed by atoms with Crippen LogP contribution in [0.25, 0.3) is 5.57 Å². The summed E-state index contributed by atoms with van der Waals surface area (Å²) >= 11 is 0. The molecule has 0 radical (unpaired) electrons. The lowest BCUT2D eigenvalue weighted by atomic mass is 9.69. The molecule has 0 saturated carbocycles. The van der Waals surface area contributed by atoms with Crippen molar-refractivity contribution in [3.8, 4) is 0 Å². The summed E-state index contributed by atoms with van der Waals surface area (Å²) in [6.07, 6.45) is 14.6. The quantitative estimate of drug-likeness (QED) is 0.669. The summed E-state index contributed by atoms with van der Waals surface area (Å²) in [7, 11) is 0. The van der Waals surface area contributed by atoms with Gasteiger partial charge in [-0.3, -0.25) is 0 Å². The zero-order chi connectivity index (χ0) is 13.2. The van der Waals surface area contributed by atoms with Crippen molar-refractivity contribution in [3.63, 3.8) is 0 Å². The Hall–Kier alpha value is -1.82. The molecule has 0 aromatic heterocycles. The van der Waals surface area contributed by atoms with Gasteiger partial charge in [0.15, 0.2) is 0 Å². The van der Waals surface area contributed by atoms with Crippen LogP contribution in [-0.4, -0.2) is 0 Å². The maximum absolute atomic E-state index is 2.35. The number of benzene rings is 1. The van der Waals surface area contributed by atoms with Gasteiger partial charge in [0.05, 0.1) is 0 Å². The molecule has 2 atom stereocenters. The summed E-state index contributed by atoms with van der Waals surface area (Å²) in [5.74, 6) is 1.01. The Bertz CT molecular complexity index is 596. The van der Waals surface area contributed by atoms with Gasteiger partial charge in [0.25, 0.3) is 0 Å². The molecule has 0 aliphatic heterocycles. The maximum atomic E-state index is 2.35. The van der Waals surface area contributed by atoms with Gasteiger partial charge in [-0.15, -0.1) is 0 Å². The fraction of sp³-hybridized carbons (Fsp3) is 0.263. The van der Waals surface area contributed by atoms with Crippen molar-refractivity contribution in [2.45, 2.75) is 26.2 Å². The van der Waals surface area contributed by atoms with Crippen LogP contribution in [0.2, 0.25) is 0 Å². The fourth-order valence-corrected chi connectivity index (χ4v) is 3.41. The van der Waals surface area contributed by atoms with E-state index in [-0.39, 0.29) is 0 Å². The van der Waals surface area contributed by atoms with E-state index < -0.39 is 0 Å². The van der Waals surface area contributed by atoms with Gasteiger partial charge in [0.1, 0.15) is 0 Å². The van der Waals surface area contributed by atoms with E-state index in [0.29, 0.717) is 11.8 Å². The first kappa shape index (κ1) is 12.2. The van der Waals surface area contributed by atoms with E-state index in [4.69, 9.17) is 0 Å². The average Bonchev–Trinajstić information content (AvgIpc) is 2.48. The van der Waals surface area contributed by atoms with Gasteiger partial charge in [0.2, 0.25) is 0 Å². The van der Waals surface area contributed by atoms with Gasteiger partial charge < -0.3 is 0 Å². The van der Waals surface area contributed by atoms with Crippen molar-refractivity contribution in [1.29, 1.82) is 0 Å². The summed E-state index contributed by atoms with van der Waals surface area (Å²) in [4.78, 5) is 0. The maximum Gasteiger partial charge on any atom is 0.0131 e. The molecule has 0 nitrogen and oxygen atoms in total. The SMILES string of the molecule is CC=CC1=C(CC)c2ccccc2C2C=CC=CC12. The molecule has 0 bridgehead atoms. The summed E-state index contributed by atoms with van der Waals surface area (Å²) in [5, 5.41) is 0. The summed E-state index contributed by atoms with van der Waals surface area (Å²) < 4.78 is 0. The third-order valence-corrected chi connectivity index (χ3v) is 4.19. The van der Waals surface area contributed by atoms with E-state index in [9.17, 15) is 0 Å². The highest BCUT2D eigenvalue weighted by Gasteiger charge is 2.31. The predicted octanol–water partition coefficient (Wildman–Crippen LogP) is 5.27. The van der Waals surface area contributed by atoms with Gasteiger partial charge in [0, 0.05) is 11.8 Å². The fourth-order valence-electron chi connectivity index (χ4n) is 3.41. The number of hydrogen-bond acceptors (Lipinski definition) is 0. The van der Waals surface area contributed by atoms with E-state index in [2.05, 4.69) is 74.6 Å². The average molecular weight is 248 g/mol. The van der Waals surface area contributed by atoms with E-state index in [1.807, 2.05) is 0 Å². The highest BCUT2D eigenvalue weighted by atomic mass is 14.3. The molecular formula is C19H20. The van der Waals surface area contributed by atoms with Crippen molar-refractivity contribution in [2.75, 3.05) is 0 Å². The third-order valence-electron chi connectivity index (χ3n) is 4.19. The second-order valence-electron chi connectivity index (χ2n) is 5.20. The molecule has 96 valence electrons. The summed E-state index contributed by atoms with van der Waals surface area (Å²) in [6.45, 7) is 4.37. The van der Waals surface area contributed by atoms with Crippen LogP contribution in [0.5, 0.6) is 0 Å². The minimum atomic E-state index is 0.502. The van der Waals surface area contributed by atoms with Crippen LogP contribution in [0.4, 0.5) is 0 Å². The van der Waals surface area contributed by atoms with Crippen LogP contribution in [0.1, 0.15) is 37.3 Å². The molecule has 0 fully saturated rings. The molecule has 19 heavy (non-hydrogen) atoms. The Morgan fingerprint density at radius 2 is 1.79 bits per heavy atom. The van der Waals surface area contributed by atoms with Crippen molar-refractivity contribution in [3.05, 3.63) is 77.4 Å². The van der Waals surface area contributed by atoms with E-state index >= 15 is 0 Å². The minimum Gasteiger partial charge on any atom is -0.0874 e. The first-order chi connectivity index (χ1) is 9.36. The standard InChI is InChI=1S/C19H20/c1-3-9-15-14(4-2)16-10-5-6-12-18(16)19-13-8-7-11-17(15)19/h3,5-13,17,19H,4H2,1-2H3.